The average Bonchev–Trinajstić information content (AvgIpc) is 2.45. The number of hydrogen-bond donors (Lipinski definition) is 2. The minimum atomic E-state index is -0.0574. The van der Waals surface area contributed by atoms with Crippen molar-refractivity contribution in [2.75, 3.05) is 11.9 Å². The average molecular weight is 334 g/mol. The van der Waals surface area contributed by atoms with Crippen molar-refractivity contribution in [2.24, 2.45) is 0 Å². The van der Waals surface area contributed by atoms with Crippen molar-refractivity contribution in [3.8, 4) is 0 Å². The van der Waals surface area contributed by atoms with Gasteiger partial charge in [-0.1, -0.05) is 22.0 Å². The van der Waals surface area contributed by atoms with Gasteiger partial charge in [0.1, 0.15) is 0 Å². The van der Waals surface area contributed by atoms with E-state index in [1.165, 1.54) is 0 Å². The van der Waals surface area contributed by atoms with E-state index in [1.807, 2.05) is 43.3 Å². The van der Waals surface area contributed by atoms with Crippen molar-refractivity contribution in [2.45, 2.75) is 13.5 Å². The molecule has 2 aromatic rings. The number of aryl methyl sites for hydroxylation is 1. The summed E-state index contributed by atoms with van der Waals surface area (Å²) in [6.45, 7) is 2.69. The number of nitrogens with one attached hydrogen (secondary N) is 2. The maximum atomic E-state index is 11.8. The first kappa shape index (κ1) is 14.5. The molecular formula is C15H16BrN3O. The molecule has 4 nitrogen and oxygen atoms in total. The number of rotatable bonds is 5. The Morgan fingerprint density at radius 3 is 2.85 bits per heavy atom. The Morgan fingerprint density at radius 2 is 2.15 bits per heavy atom. The van der Waals surface area contributed by atoms with Gasteiger partial charge in [-0.15, -0.1) is 0 Å². The fourth-order valence-corrected chi connectivity index (χ4v) is 2.23. The van der Waals surface area contributed by atoms with E-state index in [0.717, 1.165) is 21.4 Å². The van der Waals surface area contributed by atoms with Crippen LogP contribution < -0.4 is 10.6 Å². The van der Waals surface area contributed by atoms with Crippen LogP contribution in [-0.2, 0) is 11.3 Å². The second kappa shape index (κ2) is 7.05. The molecule has 2 N–H and O–H groups in total. The molecule has 0 saturated carbocycles. The van der Waals surface area contributed by atoms with Gasteiger partial charge in [0.25, 0.3) is 0 Å². The van der Waals surface area contributed by atoms with E-state index >= 15 is 0 Å². The van der Waals surface area contributed by atoms with Crippen LogP contribution in [0.5, 0.6) is 0 Å². The molecule has 1 aromatic heterocycles. The number of benzene rings is 1. The molecule has 0 spiro atoms. The van der Waals surface area contributed by atoms with Crippen LogP contribution in [0.25, 0.3) is 0 Å². The van der Waals surface area contributed by atoms with Crippen LogP contribution in [0.4, 0.5) is 5.69 Å². The van der Waals surface area contributed by atoms with E-state index in [-0.39, 0.29) is 12.5 Å². The first-order valence-corrected chi connectivity index (χ1v) is 7.11. The molecule has 0 aliphatic carbocycles. The van der Waals surface area contributed by atoms with E-state index in [1.54, 1.807) is 6.20 Å². The number of halogens is 1. The second-order valence-corrected chi connectivity index (χ2v) is 5.33. The number of anilines is 1. The summed E-state index contributed by atoms with van der Waals surface area (Å²) >= 11 is 3.41. The Kier molecular flexibility index (Phi) is 5.12. The lowest BCUT2D eigenvalue weighted by Gasteiger charge is -2.10. The summed E-state index contributed by atoms with van der Waals surface area (Å²) in [5.74, 6) is -0.0574. The molecule has 0 unspecified atom stereocenters. The molecule has 1 heterocycles. The van der Waals surface area contributed by atoms with E-state index in [4.69, 9.17) is 0 Å². The molecular weight excluding hydrogens is 318 g/mol. The Balaban J connectivity index is 1.80. The molecule has 0 fully saturated rings. The number of amides is 1. The van der Waals surface area contributed by atoms with Crippen molar-refractivity contribution < 1.29 is 4.79 Å². The lowest BCUT2D eigenvalue weighted by molar-refractivity contribution is -0.119. The minimum absolute atomic E-state index is 0.0574. The zero-order valence-corrected chi connectivity index (χ0v) is 12.8. The molecule has 0 atom stereocenters. The molecule has 0 aliphatic rings. The highest BCUT2D eigenvalue weighted by molar-refractivity contribution is 9.10. The number of carbonyl (C=O) groups is 1. The van der Waals surface area contributed by atoms with Crippen molar-refractivity contribution in [3.05, 3.63) is 58.3 Å². The van der Waals surface area contributed by atoms with Crippen LogP contribution in [0.1, 0.15) is 11.3 Å². The van der Waals surface area contributed by atoms with Crippen LogP contribution in [0.3, 0.4) is 0 Å². The molecule has 0 bridgehead atoms. The molecule has 1 amide bonds. The number of pyridine rings is 1. The molecule has 0 aliphatic heterocycles. The zero-order valence-electron chi connectivity index (χ0n) is 11.2. The summed E-state index contributed by atoms with van der Waals surface area (Å²) in [5, 5.41) is 5.95. The highest BCUT2D eigenvalue weighted by Crippen LogP contribution is 2.19. The predicted molar refractivity (Wildman–Crippen MR) is 83.5 cm³/mol. The van der Waals surface area contributed by atoms with Gasteiger partial charge >= 0.3 is 0 Å². The third kappa shape index (κ3) is 4.35. The molecule has 1 aromatic carbocycles. The zero-order chi connectivity index (χ0) is 14.4. The monoisotopic (exact) mass is 333 g/mol. The van der Waals surface area contributed by atoms with Crippen molar-refractivity contribution >= 4 is 27.5 Å². The topological polar surface area (TPSA) is 54.0 Å². The standard InChI is InChI=1S/C15H16BrN3O/c1-11-8-12(16)5-6-14(11)18-10-15(20)19-9-13-4-2-3-7-17-13/h2-8,18H,9-10H2,1H3,(H,19,20). The van der Waals surface area contributed by atoms with Crippen LogP contribution >= 0.6 is 15.9 Å². The normalized spacial score (nSPS) is 10.1. The van der Waals surface area contributed by atoms with Gasteiger partial charge in [0.15, 0.2) is 0 Å². The van der Waals surface area contributed by atoms with Gasteiger partial charge in [-0.3, -0.25) is 9.78 Å². The first-order valence-electron chi connectivity index (χ1n) is 6.32. The maximum absolute atomic E-state index is 11.8. The van der Waals surface area contributed by atoms with E-state index in [9.17, 15) is 4.79 Å². The van der Waals surface area contributed by atoms with Crippen LogP contribution in [-0.4, -0.2) is 17.4 Å². The molecule has 0 radical (unpaired) electrons. The van der Waals surface area contributed by atoms with Crippen molar-refractivity contribution in [3.63, 3.8) is 0 Å². The summed E-state index contributed by atoms with van der Waals surface area (Å²) in [6.07, 6.45) is 1.71. The van der Waals surface area contributed by atoms with Crippen LogP contribution in [0, 0.1) is 6.92 Å². The Bertz CT molecular complexity index is 587. The Labute approximate surface area is 126 Å². The summed E-state index contributed by atoms with van der Waals surface area (Å²) < 4.78 is 1.03. The molecule has 20 heavy (non-hydrogen) atoms. The van der Waals surface area contributed by atoms with Gasteiger partial charge < -0.3 is 10.6 Å². The van der Waals surface area contributed by atoms with Crippen molar-refractivity contribution in [1.29, 1.82) is 0 Å². The van der Waals surface area contributed by atoms with Gasteiger partial charge in [0, 0.05) is 16.4 Å². The fourth-order valence-electron chi connectivity index (χ4n) is 1.76. The van der Waals surface area contributed by atoms with E-state index in [0.29, 0.717) is 6.54 Å². The van der Waals surface area contributed by atoms with Gasteiger partial charge in [-0.2, -0.15) is 0 Å². The predicted octanol–water partition coefficient (Wildman–Crippen LogP) is 2.88. The molecule has 0 saturated heterocycles. The lowest BCUT2D eigenvalue weighted by Crippen LogP contribution is -2.29. The summed E-state index contributed by atoms with van der Waals surface area (Å²) in [7, 11) is 0. The van der Waals surface area contributed by atoms with Gasteiger partial charge in [-0.05, 0) is 42.8 Å². The third-order valence-electron chi connectivity index (χ3n) is 2.82. The highest BCUT2D eigenvalue weighted by atomic mass is 79.9. The van der Waals surface area contributed by atoms with Gasteiger partial charge in [-0.25, -0.2) is 0 Å². The fraction of sp³-hybridized carbons (Fsp3) is 0.200. The van der Waals surface area contributed by atoms with Gasteiger partial charge in [0.05, 0.1) is 18.8 Å². The smallest absolute Gasteiger partial charge is 0.239 e. The Morgan fingerprint density at radius 1 is 1.30 bits per heavy atom. The summed E-state index contributed by atoms with van der Waals surface area (Å²) in [5.41, 5.74) is 2.90. The molecule has 5 heteroatoms. The third-order valence-corrected chi connectivity index (χ3v) is 3.31. The largest absolute Gasteiger partial charge is 0.376 e. The number of nitrogens with zero attached hydrogens (tertiary/aromatic N) is 1. The van der Waals surface area contributed by atoms with Gasteiger partial charge in [0.2, 0.25) is 5.91 Å². The van der Waals surface area contributed by atoms with Crippen LogP contribution in [0.15, 0.2) is 47.1 Å². The van der Waals surface area contributed by atoms with Crippen LogP contribution in [0.2, 0.25) is 0 Å². The number of hydrogen-bond acceptors (Lipinski definition) is 3. The quantitative estimate of drug-likeness (QED) is 0.884. The minimum Gasteiger partial charge on any atom is -0.376 e. The SMILES string of the molecule is Cc1cc(Br)ccc1NCC(=O)NCc1ccccn1. The number of carbonyl (C=O) groups excluding carboxylic acids is 1. The summed E-state index contributed by atoms with van der Waals surface area (Å²) in [6, 6.07) is 11.5. The summed E-state index contributed by atoms with van der Waals surface area (Å²) in [4.78, 5) is 15.9. The highest BCUT2D eigenvalue weighted by Gasteiger charge is 2.03. The number of aromatic nitrogens is 1. The second-order valence-electron chi connectivity index (χ2n) is 4.41. The first-order chi connectivity index (χ1) is 9.65. The molecule has 104 valence electrons. The maximum Gasteiger partial charge on any atom is 0.239 e. The van der Waals surface area contributed by atoms with Crippen molar-refractivity contribution in [1.82, 2.24) is 10.3 Å². The van der Waals surface area contributed by atoms with E-state index in [2.05, 4.69) is 31.5 Å². The lowest BCUT2D eigenvalue weighted by atomic mass is 10.2. The van der Waals surface area contributed by atoms with E-state index < -0.39 is 0 Å². The Hall–Kier alpha value is -1.88. The molecule has 2 rings (SSSR count).